The molecule has 1 amide bonds. The molecule has 12 heteroatoms. The quantitative estimate of drug-likeness (QED) is 0.431. The molecule has 0 saturated carbocycles. The van der Waals surface area contributed by atoms with Crippen molar-refractivity contribution in [2.45, 2.75) is 24.5 Å². The van der Waals surface area contributed by atoms with Crippen LogP contribution in [0.25, 0.3) is 5.69 Å². The molecule has 0 bridgehead atoms. The van der Waals surface area contributed by atoms with Crippen LogP contribution in [0.3, 0.4) is 0 Å². The number of hydrogen-bond donors (Lipinski definition) is 1. The number of alkyl halides is 3. The maximum atomic E-state index is 12.4. The summed E-state index contributed by atoms with van der Waals surface area (Å²) in [5, 5.41) is 12.3. The second-order valence-electron chi connectivity index (χ2n) is 7.20. The third kappa shape index (κ3) is 6.86. The Morgan fingerprint density at radius 3 is 2.36 bits per heavy atom. The first-order chi connectivity index (χ1) is 15.5. The first-order valence-electron chi connectivity index (χ1n) is 9.69. The largest absolute Gasteiger partial charge is 0.573 e. The smallest absolute Gasteiger partial charge is 0.406 e. The minimum Gasteiger partial charge on any atom is -0.406 e. The highest BCUT2D eigenvalue weighted by Crippen LogP contribution is 2.28. The summed E-state index contributed by atoms with van der Waals surface area (Å²) in [6, 6.07) is 12.1. The fraction of sp³-hybridized carbons (Fsp3) is 0.286. The van der Waals surface area contributed by atoms with E-state index in [2.05, 4.69) is 20.3 Å². The molecule has 2 aromatic carbocycles. The molecular weight excluding hydrogens is 479 g/mol. The molecule has 1 aromatic heterocycles. The molecule has 0 fully saturated rings. The summed E-state index contributed by atoms with van der Waals surface area (Å²) in [6.07, 6.45) is -4.77. The lowest BCUT2D eigenvalue weighted by Crippen LogP contribution is -2.21. The molecule has 0 spiro atoms. The van der Waals surface area contributed by atoms with E-state index in [1.54, 1.807) is 12.1 Å². The third-order valence-corrected chi connectivity index (χ3v) is 5.78. The summed E-state index contributed by atoms with van der Waals surface area (Å²) in [7, 11) is 3.85. The van der Waals surface area contributed by atoms with Crippen molar-refractivity contribution in [3.05, 3.63) is 59.4 Å². The zero-order valence-electron chi connectivity index (χ0n) is 17.9. The maximum Gasteiger partial charge on any atom is 0.573 e. The van der Waals surface area contributed by atoms with Crippen LogP contribution in [-0.4, -0.2) is 51.8 Å². The van der Waals surface area contributed by atoms with E-state index in [4.69, 9.17) is 11.6 Å². The Morgan fingerprint density at radius 2 is 1.79 bits per heavy atom. The van der Waals surface area contributed by atoms with Crippen LogP contribution >= 0.6 is 23.4 Å². The van der Waals surface area contributed by atoms with E-state index in [1.165, 1.54) is 23.9 Å². The lowest BCUT2D eigenvalue weighted by atomic mass is 10.2. The number of hydrogen-bond acceptors (Lipinski definition) is 6. The first-order valence-corrected chi connectivity index (χ1v) is 11.1. The average Bonchev–Trinajstić information content (AvgIpc) is 3.16. The minimum atomic E-state index is -4.77. The lowest BCUT2D eigenvalue weighted by Gasteiger charge is -2.20. The molecular formula is C21H21ClF3N5O2S. The SMILES string of the molecule is C[C@H](c1nnc(SCC(=O)Nc2ccc(OC(F)(F)F)cc2)n1-c1ccc(Cl)cc1)N(C)C. The van der Waals surface area contributed by atoms with Gasteiger partial charge in [-0.25, -0.2) is 0 Å². The van der Waals surface area contributed by atoms with Gasteiger partial charge in [0.1, 0.15) is 5.75 Å². The molecule has 3 rings (SSSR count). The van der Waals surface area contributed by atoms with Crippen molar-refractivity contribution in [3.8, 4) is 11.4 Å². The van der Waals surface area contributed by atoms with E-state index in [0.29, 0.717) is 21.7 Å². The summed E-state index contributed by atoms with van der Waals surface area (Å²) in [5.74, 6) is -0.000560. The van der Waals surface area contributed by atoms with Gasteiger partial charge in [-0.1, -0.05) is 23.4 Å². The number of thioether (sulfide) groups is 1. The Labute approximate surface area is 197 Å². The predicted octanol–water partition coefficient (Wildman–Crippen LogP) is 5.17. The van der Waals surface area contributed by atoms with Gasteiger partial charge in [0.15, 0.2) is 11.0 Å². The molecule has 33 heavy (non-hydrogen) atoms. The van der Waals surface area contributed by atoms with E-state index in [9.17, 15) is 18.0 Å². The molecule has 0 aliphatic carbocycles. The van der Waals surface area contributed by atoms with Crippen molar-refractivity contribution < 1.29 is 22.7 Å². The van der Waals surface area contributed by atoms with Gasteiger partial charge in [0.2, 0.25) is 5.91 Å². The molecule has 1 heterocycles. The van der Waals surface area contributed by atoms with Crippen molar-refractivity contribution in [1.82, 2.24) is 19.7 Å². The number of aromatic nitrogens is 3. The van der Waals surface area contributed by atoms with Crippen LogP contribution in [0.1, 0.15) is 18.8 Å². The van der Waals surface area contributed by atoms with Gasteiger partial charge in [0.25, 0.3) is 0 Å². The van der Waals surface area contributed by atoms with Crippen molar-refractivity contribution in [2.75, 3.05) is 25.2 Å². The lowest BCUT2D eigenvalue weighted by molar-refractivity contribution is -0.274. The molecule has 176 valence electrons. The monoisotopic (exact) mass is 499 g/mol. The topological polar surface area (TPSA) is 72.3 Å². The van der Waals surface area contributed by atoms with Crippen LogP contribution in [0.4, 0.5) is 18.9 Å². The molecule has 7 nitrogen and oxygen atoms in total. The van der Waals surface area contributed by atoms with Crippen LogP contribution in [0.2, 0.25) is 5.02 Å². The molecule has 0 aliphatic rings. The average molecular weight is 500 g/mol. The van der Waals surface area contributed by atoms with Crippen LogP contribution in [-0.2, 0) is 4.79 Å². The first kappa shape index (κ1) is 24.9. The number of halogens is 4. The van der Waals surface area contributed by atoms with Gasteiger partial charge in [0.05, 0.1) is 11.8 Å². The van der Waals surface area contributed by atoms with Gasteiger partial charge >= 0.3 is 6.36 Å². The fourth-order valence-corrected chi connectivity index (χ4v) is 3.66. The predicted molar refractivity (Wildman–Crippen MR) is 121 cm³/mol. The van der Waals surface area contributed by atoms with Gasteiger partial charge in [-0.3, -0.25) is 14.3 Å². The second kappa shape index (κ2) is 10.4. The molecule has 3 aromatic rings. The summed E-state index contributed by atoms with van der Waals surface area (Å²) in [6.45, 7) is 1.99. The normalized spacial score (nSPS) is 12.6. The Balaban J connectivity index is 1.71. The van der Waals surface area contributed by atoms with Crippen molar-refractivity contribution in [2.24, 2.45) is 0 Å². The van der Waals surface area contributed by atoms with Gasteiger partial charge in [0, 0.05) is 16.4 Å². The second-order valence-corrected chi connectivity index (χ2v) is 8.58. The molecule has 0 saturated heterocycles. The zero-order chi connectivity index (χ0) is 24.2. The number of anilines is 1. The van der Waals surface area contributed by atoms with Gasteiger partial charge < -0.3 is 10.1 Å². The Kier molecular flexibility index (Phi) is 7.88. The standard InChI is InChI=1S/C21H21ClF3N5O2S/c1-13(29(2)3)19-27-28-20(30(19)16-8-4-14(22)5-9-16)33-12-18(31)26-15-6-10-17(11-7-15)32-21(23,24)25/h4-11,13H,12H2,1-3H3,(H,26,31)/t13-/m1/s1. The highest BCUT2D eigenvalue weighted by Gasteiger charge is 2.31. The van der Waals surface area contributed by atoms with Crippen LogP contribution < -0.4 is 10.1 Å². The number of benzene rings is 2. The zero-order valence-corrected chi connectivity index (χ0v) is 19.5. The van der Waals surface area contributed by atoms with E-state index in [1.807, 2.05) is 42.6 Å². The third-order valence-electron chi connectivity index (χ3n) is 4.60. The minimum absolute atomic E-state index is 0.0167. The summed E-state index contributed by atoms with van der Waals surface area (Å²) < 4.78 is 42.5. The summed E-state index contributed by atoms with van der Waals surface area (Å²) >= 11 is 7.20. The van der Waals surface area contributed by atoms with Gasteiger partial charge in [-0.2, -0.15) is 0 Å². The molecule has 1 N–H and O–H groups in total. The van der Waals surface area contributed by atoms with E-state index in [0.717, 1.165) is 17.8 Å². The van der Waals surface area contributed by atoms with Crippen LogP contribution in [0.15, 0.2) is 53.7 Å². The highest BCUT2D eigenvalue weighted by atomic mass is 35.5. The van der Waals surface area contributed by atoms with E-state index in [-0.39, 0.29) is 23.5 Å². The van der Waals surface area contributed by atoms with E-state index >= 15 is 0 Å². The van der Waals surface area contributed by atoms with E-state index < -0.39 is 6.36 Å². The number of ether oxygens (including phenoxy) is 1. The molecule has 0 aliphatic heterocycles. The van der Waals surface area contributed by atoms with Crippen LogP contribution in [0, 0.1) is 0 Å². The number of nitrogens with one attached hydrogen (secondary N) is 1. The highest BCUT2D eigenvalue weighted by molar-refractivity contribution is 7.99. The Morgan fingerprint density at radius 1 is 1.15 bits per heavy atom. The number of carbonyl (C=O) groups excluding carboxylic acids is 1. The van der Waals surface area contributed by atoms with Crippen molar-refractivity contribution in [3.63, 3.8) is 0 Å². The van der Waals surface area contributed by atoms with Gasteiger partial charge in [-0.05, 0) is 69.6 Å². The molecule has 0 radical (unpaired) electrons. The fourth-order valence-electron chi connectivity index (χ4n) is 2.78. The Hall–Kier alpha value is -2.76. The number of rotatable bonds is 8. The number of nitrogens with zero attached hydrogens (tertiary/aromatic N) is 4. The maximum absolute atomic E-state index is 12.4. The van der Waals surface area contributed by atoms with Gasteiger partial charge in [-0.15, -0.1) is 23.4 Å². The molecule has 1 atom stereocenters. The van der Waals surface area contributed by atoms with Crippen LogP contribution in [0.5, 0.6) is 5.75 Å². The Bertz CT molecular complexity index is 1090. The number of carbonyl (C=O) groups is 1. The molecule has 0 unspecified atom stereocenters. The summed E-state index contributed by atoms with van der Waals surface area (Å²) in [5.41, 5.74) is 1.15. The summed E-state index contributed by atoms with van der Waals surface area (Å²) in [4.78, 5) is 14.4. The van der Waals surface area contributed by atoms with Crippen molar-refractivity contribution in [1.29, 1.82) is 0 Å². The number of amides is 1. The van der Waals surface area contributed by atoms with Crippen molar-refractivity contribution >= 4 is 35.0 Å².